The van der Waals surface area contributed by atoms with Crippen LogP contribution in [0.2, 0.25) is 0 Å². The summed E-state index contributed by atoms with van der Waals surface area (Å²) in [4.78, 5) is 17.5. The van der Waals surface area contributed by atoms with Gasteiger partial charge >= 0.3 is 0 Å². The van der Waals surface area contributed by atoms with Crippen molar-refractivity contribution in [1.82, 2.24) is 24.4 Å². The van der Waals surface area contributed by atoms with Gasteiger partial charge in [-0.05, 0) is 56.6 Å². The molecule has 1 aromatic carbocycles. The number of nitrogens with zero attached hydrogens (tertiary/aromatic N) is 5. The second kappa shape index (κ2) is 7.48. The Hall–Kier alpha value is -2.73. The van der Waals surface area contributed by atoms with E-state index < -0.39 is 0 Å². The second-order valence-corrected chi connectivity index (χ2v) is 7.47. The first-order valence-corrected chi connectivity index (χ1v) is 9.46. The molecule has 1 saturated heterocycles. The van der Waals surface area contributed by atoms with Crippen molar-refractivity contribution in [2.75, 3.05) is 20.6 Å². The monoisotopic (exact) mass is 363 g/mol. The van der Waals surface area contributed by atoms with Crippen LogP contribution in [-0.4, -0.2) is 50.9 Å². The lowest BCUT2D eigenvalue weighted by molar-refractivity contribution is 0.0613. The number of pyridine rings is 1. The van der Waals surface area contributed by atoms with Gasteiger partial charge in [0.05, 0.1) is 11.6 Å². The van der Waals surface area contributed by atoms with Crippen molar-refractivity contribution in [2.24, 2.45) is 0 Å². The van der Waals surface area contributed by atoms with Crippen molar-refractivity contribution in [1.29, 1.82) is 0 Å². The van der Waals surface area contributed by atoms with E-state index in [1.54, 1.807) is 10.7 Å². The van der Waals surface area contributed by atoms with E-state index in [-0.39, 0.29) is 11.9 Å². The molecule has 6 nitrogen and oxygen atoms in total. The lowest BCUT2D eigenvalue weighted by Gasteiger charge is -2.36. The molecule has 1 aliphatic heterocycles. The highest BCUT2D eigenvalue weighted by molar-refractivity contribution is 6.00. The Morgan fingerprint density at radius 1 is 1.19 bits per heavy atom. The van der Waals surface area contributed by atoms with Gasteiger partial charge in [0, 0.05) is 19.3 Å². The molecule has 0 aliphatic carbocycles. The van der Waals surface area contributed by atoms with Crippen LogP contribution in [0, 0.1) is 0 Å². The first-order chi connectivity index (χ1) is 13.1. The van der Waals surface area contributed by atoms with E-state index in [1.807, 2.05) is 23.2 Å². The number of carbonyl (C=O) groups excluding carboxylic acids is 1. The third-order valence-electron chi connectivity index (χ3n) is 5.18. The van der Waals surface area contributed by atoms with Crippen molar-refractivity contribution in [3.8, 4) is 0 Å². The number of piperidine rings is 1. The van der Waals surface area contributed by atoms with Crippen LogP contribution in [0.5, 0.6) is 0 Å². The predicted molar refractivity (Wildman–Crippen MR) is 104 cm³/mol. The molecule has 1 amide bonds. The fourth-order valence-corrected chi connectivity index (χ4v) is 3.90. The number of rotatable bonds is 4. The van der Waals surface area contributed by atoms with Gasteiger partial charge in [-0.3, -0.25) is 9.20 Å². The average Bonchev–Trinajstić information content (AvgIpc) is 3.16. The summed E-state index contributed by atoms with van der Waals surface area (Å²) < 4.78 is 1.79. The molecule has 1 fully saturated rings. The van der Waals surface area contributed by atoms with E-state index in [1.165, 1.54) is 11.1 Å². The molecule has 0 bridgehead atoms. The number of likely N-dealkylation sites (tertiary alicyclic amines) is 1. The summed E-state index contributed by atoms with van der Waals surface area (Å²) in [7, 11) is 4.14. The van der Waals surface area contributed by atoms with E-state index in [9.17, 15) is 4.79 Å². The number of benzene rings is 1. The first kappa shape index (κ1) is 17.7. The molecular weight excluding hydrogens is 338 g/mol. The second-order valence-electron chi connectivity index (χ2n) is 7.47. The Morgan fingerprint density at radius 2 is 2.00 bits per heavy atom. The number of amides is 1. The SMILES string of the molecule is CN(C)Cc1ccc([C@H]2CCCCN2C(=O)c2cccn3cnnc23)cc1. The molecular formula is C21H25N5O. The maximum Gasteiger partial charge on any atom is 0.258 e. The minimum atomic E-state index is 0.0377. The third kappa shape index (κ3) is 3.57. The van der Waals surface area contributed by atoms with Gasteiger partial charge in [-0.2, -0.15) is 0 Å². The average molecular weight is 363 g/mol. The molecule has 1 atom stereocenters. The van der Waals surface area contributed by atoms with Crippen molar-refractivity contribution in [3.63, 3.8) is 0 Å². The first-order valence-electron chi connectivity index (χ1n) is 9.46. The minimum absolute atomic E-state index is 0.0377. The van der Waals surface area contributed by atoms with Crippen LogP contribution in [0.3, 0.4) is 0 Å². The number of aromatic nitrogens is 3. The number of hydrogen-bond donors (Lipinski definition) is 0. The third-order valence-corrected chi connectivity index (χ3v) is 5.18. The molecule has 0 saturated carbocycles. The highest BCUT2D eigenvalue weighted by Gasteiger charge is 2.30. The van der Waals surface area contributed by atoms with Gasteiger partial charge in [0.1, 0.15) is 6.33 Å². The van der Waals surface area contributed by atoms with Crippen molar-refractivity contribution >= 4 is 11.6 Å². The summed E-state index contributed by atoms with van der Waals surface area (Å²) in [5.41, 5.74) is 3.73. The summed E-state index contributed by atoms with van der Waals surface area (Å²) in [6, 6.07) is 12.5. The molecule has 0 spiro atoms. The van der Waals surface area contributed by atoms with E-state index in [2.05, 4.69) is 53.5 Å². The summed E-state index contributed by atoms with van der Waals surface area (Å²) >= 11 is 0. The Kier molecular flexibility index (Phi) is 4.90. The predicted octanol–water partition coefficient (Wildman–Crippen LogP) is 3.16. The molecule has 0 unspecified atom stereocenters. The standard InChI is InChI=1S/C21H25N5O/c1-24(2)14-16-8-10-17(11-9-16)19-7-3-4-13-26(19)21(27)18-6-5-12-25-15-22-23-20(18)25/h5-6,8-12,15,19H,3-4,7,13-14H2,1-2H3/t19-/m1/s1. The Labute approximate surface area is 159 Å². The van der Waals surface area contributed by atoms with Gasteiger partial charge in [-0.1, -0.05) is 24.3 Å². The van der Waals surface area contributed by atoms with Crippen molar-refractivity contribution in [3.05, 3.63) is 65.6 Å². The van der Waals surface area contributed by atoms with Crippen LogP contribution in [0.4, 0.5) is 0 Å². The fourth-order valence-electron chi connectivity index (χ4n) is 3.90. The Balaban J connectivity index is 1.62. The summed E-state index contributed by atoms with van der Waals surface area (Å²) in [6.45, 7) is 1.70. The highest BCUT2D eigenvalue weighted by atomic mass is 16.2. The lowest BCUT2D eigenvalue weighted by Crippen LogP contribution is -2.38. The van der Waals surface area contributed by atoms with E-state index in [0.29, 0.717) is 11.2 Å². The molecule has 3 aromatic rings. The molecule has 1 aliphatic rings. The smallest absolute Gasteiger partial charge is 0.258 e. The maximum atomic E-state index is 13.3. The van der Waals surface area contributed by atoms with Crippen LogP contribution in [0.25, 0.3) is 5.65 Å². The molecule has 27 heavy (non-hydrogen) atoms. The Bertz CT molecular complexity index is 931. The summed E-state index contributed by atoms with van der Waals surface area (Å²) in [5, 5.41) is 8.07. The molecule has 140 valence electrons. The van der Waals surface area contributed by atoms with E-state index in [4.69, 9.17) is 0 Å². The highest BCUT2D eigenvalue weighted by Crippen LogP contribution is 2.32. The number of carbonyl (C=O) groups is 1. The lowest BCUT2D eigenvalue weighted by atomic mass is 9.93. The molecule has 0 radical (unpaired) electrons. The zero-order valence-electron chi connectivity index (χ0n) is 15.9. The topological polar surface area (TPSA) is 53.7 Å². The zero-order valence-corrected chi connectivity index (χ0v) is 15.9. The van der Waals surface area contributed by atoms with Crippen LogP contribution >= 0.6 is 0 Å². The van der Waals surface area contributed by atoms with Gasteiger partial charge in [-0.25, -0.2) is 0 Å². The largest absolute Gasteiger partial charge is 0.331 e. The van der Waals surface area contributed by atoms with Gasteiger partial charge in [0.2, 0.25) is 0 Å². The van der Waals surface area contributed by atoms with Crippen molar-refractivity contribution in [2.45, 2.75) is 31.8 Å². The zero-order chi connectivity index (χ0) is 18.8. The summed E-state index contributed by atoms with van der Waals surface area (Å²) in [5.74, 6) is 0.0377. The minimum Gasteiger partial charge on any atom is -0.331 e. The van der Waals surface area contributed by atoms with Crippen LogP contribution < -0.4 is 0 Å². The van der Waals surface area contributed by atoms with E-state index >= 15 is 0 Å². The number of fused-ring (bicyclic) bond motifs is 1. The van der Waals surface area contributed by atoms with Crippen LogP contribution in [0.1, 0.15) is 46.8 Å². The number of hydrogen-bond acceptors (Lipinski definition) is 4. The van der Waals surface area contributed by atoms with Crippen LogP contribution in [0.15, 0.2) is 48.9 Å². The molecule has 0 N–H and O–H groups in total. The van der Waals surface area contributed by atoms with E-state index in [0.717, 1.165) is 32.4 Å². The van der Waals surface area contributed by atoms with Gasteiger partial charge in [-0.15, -0.1) is 10.2 Å². The molecule has 6 heteroatoms. The Morgan fingerprint density at radius 3 is 2.78 bits per heavy atom. The summed E-state index contributed by atoms with van der Waals surface area (Å²) in [6.07, 6.45) is 6.67. The van der Waals surface area contributed by atoms with Gasteiger partial charge in [0.15, 0.2) is 5.65 Å². The quantitative estimate of drug-likeness (QED) is 0.714. The molecule has 3 heterocycles. The van der Waals surface area contributed by atoms with Crippen molar-refractivity contribution < 1.29 is 4.79 Å². The molecule has 2 aromatic heterocycles. The fraction of sp³-hybridized carbons (Fsp3) is 0.381. The molecule has 4 rings (SSSR count). The maximum absolute atomic E-state index is 13.3. The normalized spacial score (nSPS) is 17.6. The van der Waals surface area contributed by atoms with Gasteiger partial charge < -0.3 is 9.80 Å². The van der Waals surface area contributed by atoms with Crippen LogP contribution in [-0.2, 0) is 6.54 Å². The van der Waals surface area contributed by atoms with Gasteiger partial charge in [0.25, 0.3) is 5.91 Å².